The van der Waals surface area contributed by atoms with Gasteiger partial charge in [-0.15, -0.1) is 0 Å². The maximum atomic E-state index is 13.6. The van der Waals surface area contributed by atoms with E-state index in [-0.39, 0.29) is 17.0 Å². The number of hydrogen-bond acceptors (Lipinski definition) is 5. The zero-order chi connectivity index (χ0) is 15.5. The lowest BCUT2D eigenvalue weighted by Gasteiger charge is -2.18. The Morgan fingerprint density at radius 2 is 2.20 bits per heavy atom. The largest absolute Gasteiger partial charge is 0.323 e. The molecule has 1 rings (SSSR count). The van der Waals surface area contributed by atoms with Crippen molar-refractivity contribution >= 4 is 16.5 Å². The molecule has 20 heavy (non-hydrogen) atoms. The average Bonchev–Trinajstić information content (AvgIpc) is 2.38. The highest BCUT2D eigenvalue weighted by Gasteiger charge is 2.28. The Kier molecular flexibility index (Phi) is 4.92. The minimum absolute atomic E-state index is 0.0821. The van der Waals surface area contributed by atoms with E-state index in [2.05, 4.69) is 0 Å². The second-order valence-corrected chi connectivity index (χ2v) is 6.75. The van der Waals surface area contributed by atoms with Crippen molar-refractivity contribution in [3.63, 3.8) is 0 Å². The van der Waals surface area contributed by atoms with Crippen LogP contribution in [-0.4, -0.2) is 19.6 Å². The molecule has 0 spiro atoms. The first-order chi connectivity index (χ1) is 9.19. The van der Waals surface area contributed by atoms with Gasteiger partial charge in [-0.3, -0.25) is 14.3 Å². The molecule has 108 valence electrons. The van der Waals surface area contributed by atoms with Gasteiger partial charge >= 0.3 is 0 Å². The van der Waals surface area contributed by atoms with E-state index in [0.717, 1.165) is 18.2 Å². The van der Waals surface area contributed by atoms with Gasteiger partial charge in [-0.1, -0.05) is 0 Å². The Balaban J connectivity index is 3.01. The van der Waals surface area contributed by atoms with E-state index in [9.17, 15) is 18.7 Å². The van der Waals surface area contributed by atoms with Crippen LogP contribution in [0.3, 0.4) is 0 Å². The third-order valence-electron chi connectivity index (χ3n) is 2.76. The SMILES string of the molecule is CC(C)(C#N)S(=O)CC(N)c1cc([N+](=O)[O-])ccc1F. The van der Waals surface area contributed by atoms with Gasteiger partial charge in [-0.25, -0.2) is 4.39 Å². The highest BCUT2D eigenvalue weighted by molar-refractivity contribution is 7.86. The first-order valence-corrected chi connectivity index (χ1v) is 7.00. The number of nitrogens with zero attached hydrogens (tertiary/aromatic N) is 2. The molecule has 2 N–H and O–H groups in total. The molecule has 0 heterocycles. The number of rotatable bonds is 5. The maximum absolute atomic E-state index is 13.6. The molecular formula is C12H14FN3O3S. The van der Waals surface area contributed by atoms with Crippen molar-refractivity contribution < 1.29 is 13.5 Å². The van der Waals surface area contributed by atoms with Gasteiger partial charge in [0.05, 0.1) is 11.0 Å². The van der Waals surface area contributed by atoms with E-state index in [1.807, 2.05) is 6.07 Å². The molecule has 6 nitrogen and oxygen atoms in total. The molecule has 1 aromatic carbocycles. The summed E-state index contributed by atoms with van der Waals surface area (Å²) in [5.74, 6) is -0.853. The minimum atomic E-state index is -1.61. The second kappa shape index (κ2) is 6.07. The predicted molar refractivity (Wildman–Crippen MR) is 72.7 cm³/mol. The minimum Gasteiger partial charge on any atom is -0.323 e. The molecule has 0 aliphatic carbocycles. The maximum Gasteiger partial charge on any atom is 0.269 e. The molecule has 1 aromatic rings. The third-order valence-corrected chi connectivity index (χ3v) is 4.65. The van der Waals surface area contributed by atoms with Crippen LogP contribution in [0.5, 0.6) is 0 Å². The number of nitrogens with two attached hydrogens (primary N) is 1. The summed E-state index contributed by atoms with van der Waals surface area (Å²) in [5, 5.41) is 19.5. The van der Waals surface area contributed by atoms with E-state index in [4.69, 9.17) is 11.0 Å². The second-order valence-electron chi connectivity index (χ2n) is 4.70. The average molecular weight is 299 g/mol. The number of nitro benzene ring substituents is 1. The number of benzene rings is 1. The zero-order valence-corrected chi connectivity index (χ0v) is 11.8. The molecule has 0 bridgehead atoms. The number of hydrogen-bond donors (Lipinski definition) is 1. The van der Waals surface area contributed by atoms with Crippen molar-refractivity contribution in [1.82, 2.24) is 0 Å². The Hall–Kier alpha value is -1.85. The normalized spacial score (nSPS) is 14.3. The van der Waals surface area contributed by atoms with Crippen molar-refractivity contribution in [2.24, 2.45) is 5.73 Å². The van der Waals surface area contributed by atoms with E-state index in [1.54, 1.807) is 0 Å². The summed E-state index contributed by atoms with van der Waals surface area (Å²) in [6, 6.07) is 3.91. The van der Waals surface area contributed by atoms with Crippen LogP contribution >= 0.6 is 0 Å². The van der Waals surface area contributed by atoms with Crippen LogP contribution in [0, 0.1) is 27.3 Å². The summed E-state index contributed by atoms with van der Waals surface area (Å²) in [6.45, 7) is 2.97. The number of nitriles is 1. The molecule has 0 aromatic heterocycles. The van der Waals surface area contributed by atoms with Gasteiger partial charge in [0, 0.05) is 40.3 Å². The molecule has 0 aliphatic heterocycles. The third kappa shape index (κ3) is 3.59. The quantitative estimate of drug-likeness (QED) is 0.658. The van der Waals surface area contributed by atoms with Gasteiger partial charge < -0.3 is 5.73 Å². The van der Waals surface area contributed by atoms with E-state index >= 15 is 0 Å². The first-order valence-electron chi connectivity index (χ1n) is 5.68. The highest BCUT2D eigenvalue weighted by Crippen LogP contribution is 2.24. The Morgan fingerprint density at radius 1 is 1.60 bits per heavy atom. The Morgan fingerprint density at radius 3 is 2.70 bits per heavy atom. The Bertz CT molecular complexity index is 598. The van der Waals surface area contributed by atoms with Gasteiger partial charge in [0.25, 0.3) is 5.69 Å². The molecule has 8 heteroatoms. The lowest BCUT2D eigenvalue weighted by atomic mass is 10.1. The number of non-ortho nitro benzene ring substituents is 1. The van der Waals surface area contributed by atoms with Gasteiger partial charge in [-0.2, -0.15) is 5.26 Å². The summed E-state index contributed by atoms with van der Waals surface area (Å²) < 4.78 is 24.5. The van der Waals surface area contributed by atoms with E-state index in [1.165, 1.54) is 13.8 Å². The monoisotopic (exact) mass is 299 g/mol. The molecule has 0 amide bonds. The molecule has 2 unspecified atom stereocenters. The van der Waals surface area contributed by atoms with Crippen LogP contribution in [0.2, 0.25) is 0 Å². The molecule has 0 radical (unpaired) electrons. The summed E-state index contributed by atoms with van der Waals surface area (Å²) in [5.41, 5.74) is 5.38. The van der Waals surface area contributed by atoms with Crippen molar-refractivity contribution in [1.29, 1.82) is 5.26 Å². The van der Waals surface area contributed by atoms with E-state index < -0.39 is 32.3 Å². The van der Waals surface area contributed by atoms with Crippen molar-refractivity contribution in [3.8, 4) is 6.07 Å². The van der Waals surface area contributed by atoms with Gasteiger partial charge in [0.1, 0.15) is 10.6 Å². The van der Waals surface area contributed by atoms with Crippen molar-refractivity contribution in [2.45, 2.75) is 24.6 Å². The van der Waals surface area contributed by atoms with E-state index in [0.29, 0.717) is 0 Å². The standard InChI is InChI=1S/C12H14FN3O3S/c1-12(2,7-14)20(19)6-11(15)9-5-8(16(17)18)3-4-10(9)13/h3-5,11H,6,15H2,1-2H3. The zero-order valence-electron chi connectivity index (χ0n) is 11.0. The topological polar surface area (TPSA) is 110 Å². The molecular weight excluding hydrogens is 285 g/mol. The molecule has 2 atom stereocenters. The van der Waals surface area contributed by atoms with Crippen molar-refractivity contribution in [2.75, 3.05) is 5.75 Å². The summed E-state index contributed by atoms with van der Waals surface area (Å²) in [7, 11) is -1.61. The molecule has 0 saturated carbocycles. The lowest BCUT2D eigenvalue weighted by Crippen LogP contribution is -2.31. The number of nitro groups is 1. The van der Waals surface area contributed by atoms with Crippen LogP contribution in [0.1, 0.15) is 25.5 Å². The van der Waals surface area contributed by atoms with Crippen LogP contribution < -0.4 is 5.73 Å². The Labute approximate surface area is 118 Å². The van der Waals surface area contributed by atoms with Crippen LogP contribution in [0.15, 0.2) is 18.2 Å². The fourth-order valence-corrected chi connectivity index (χ4v) is 2.47. The van der Waals surface area contributed by atoms with Gasteiger partial charge in [-0.05, 0) is 19.9 Å². The fraction of sp³-hybridized carbons (Fsp3) is 0.417. The van der Waals surface area contributed by atoms with Crippen LogP contribution in [-0.2, 0) is 10.8 Å². The van der Waals surface area contributed by atoms with Gasteiger partial charge in [0.2, 0.25) is 0 Å². The fourth-order valence-electron chi connectivity index (χ4n) is 1.44. The smallest absolute Gasteiger partial charge is 0.269 e. The molecule has 0 aliphatic rings. The number of halogens is 1. The molecule has 0 saturated heterocycles. The predicted octanol–water partition coefficient (Wildman–Crippen LogP) is 1.78. The summed E-state index contributed by atoms with van der Waals surface area (Å²) in [6.07, 6.45) is 0. The first kappa shape index (κ1) is 16.2. The summed E-state index contributed by atoms with van der Waals surface area (Å²) in [4.78, 5) is 9.99. The molecule has 0 fully saturated rings. The summed E-state index contributed by atoms with van der Waals surface area (Å²) >= 11 is 0. The van der Waals surface area contributed by atoms with Crippen molar-refractivity contribution in [3.05, 3.63) is 39.7 Å². The van der Waals surface area contributed by atoms with Crippen LogP contribution in [0.25, 0.3) is 0 Å². The van der Waals surface area contributed by atoms with Gasteiger partial charge in [0.15, 0.2) is 0 Å². The highest BCUT2D eigenvalue weighted by atomic mass is 32.2. The van der Waals surface area contributed by atoms with Crippen LogP contribution in [0.4, 0.5) is 10.1 Å². The lowest BCUT2D eigenvalue weighted by molar-refractivity contribution is -0.385.